The molecule has 6 nitrogen and oxygen atoms in total. The van der Waals surface area contributed by atoms with Crippen molar-refractivity contribution in [3.8, 4) is 5.69 Å². The Labute approximate surface area is 139 Å². The van der Waals surface area contributed by atoms with Crippen molar-refractivity contribution >= 4 is 11.9 Å². The van der Waals surface area contributed by atoms with E-state index < -0.39 is 0 Å². The first kappa shape index (κ1) is 15.8. The molecule has 0 atom stereocenters. The lowest BCUT2D eigenvalue weighted by molar-refractivity contribution is 0.628. The summed E-state index contributed by atoms with van der Waals surface area (Å²) in [6.07, 6.45) is 3.13. The summed E-state index contributed by atoms with van der Waals surface area (Å²) in [4.78, 5) is 0. The van der Waals surface area contributed by atoms with E-state index in [1.807, 2.05) is 12.1 Å². The fourth-order valence-corrected chi connectivity index (χ4v) is 2.18. The lowest BCUT2D eigenvalue weighted by atomic mass is 10.1. The van der Waals surface area contributed by atoms with Crippen LogP contribution in [0, 0.1) is 5.82 Å². The van der Waals surface area contributed by atoms with Gasteiger partial charge in [0.05, 0.1) is 11.4 Å². The summed E-state index contributed by atoms with van der Waals surface area (Å²) in [6.45, 7) is 2.11. The molecule has 0 aliphatic rings. The largest absolute Gasteiger partial charge is 0.279 e. The van der Waals surface area contributed by atoms with E-state index in [0.29, 0.717) is 17.9 Å². The van der Waals surface area contributed by atoms with Crippen LogP contribution < -0.4 is 5.43 Å². The molecule has 7 heteroatoms. The molecule has 0 aliphatic heterocycles. The van der Waals surface area contributed by atoms with Gasteiger partial charge in [-0.05, 0) is 58.8 Å². The number of aromatic nitrogens is 4. The topological polar surface area (TPSA) is 68.0 Å². The van der Waals surface area contributed by atoms with Gasteiger partial charge in [0.15, 0.2) is 5.82 Å². The van der Waals surface area contributed by atoms with E-state index in [2.05, 4.69) is 45.1 Å². The monoisotopic (exact) mass is 324 g/mol. The lowest BCUT2D eigenvalue weighted by Gasteiger charge is -2.04. The third-order valence-corrected chi connectivity index (χ3v) is 3.53. The zero-order valence-corrected chi connectivity index (χ0v) is 13.2. The number of nitrogens with one attached hydrogen (secondary N) is 1. The molecule has 2 aromatic carbocycles. The highest BCUT2D eigenvalue weighted by Crippen LogP contribution is 2.11. The van der Waals surface area contributed by atoms with Crippen LogP contribution in [0.25, 0.3) is 5.69 Å². The third-order valence-electron chi connectivity index (χ3n) is 3.53. The van der Waals surface area contributed by atoms with Gasteiger partial charge in [-0.1, -0.05) is 19.1 Å². The normalized spacial score (nSPS) is 11.1. The van der Waals surface area contributed by atoms with Crippen molar-refractivity contribution in [3.63, 3.8) is 0 Å². The number of hydrogen-bond donors (Lipinski definition) is 1. The maximum Gasteiger partial charge on any atom is 0.162 e. The summed E-state index contributed by atoms with van der Waals surface area (Å²) in [5.41, 5.74) is 5.72. The summed E-state index contributed by atoms with van der Waals surface area (Å²) >= 11 is 0. The molecule has 0 saturated carbocycles. The van der Waals surface area contributed by atoms with Crippen molar-refractivity contribution in [2.24, 2.45) is 5.10 Å². The van der Waals surface area contributed by atoms with E-state index in [1.165, 1.54) is 17.7 Å². The molecular weight excluding hydrogens is 307 g/mol. The van der Waals surface area contributed by atoms with Crippen molar-refractivity contribution in [1.82, 2.24) is 20.2 Å². The van der Waals surface area contributed by atoms with Crippen LogP contribution >= 0.6 is 0 Å². The van der Waals surface area contributed by atoms with E-state index in [-0.39, 0.29) is 5.82 Å². The van der Waals surface area contributed by atoms with Crippen LogP contribution in [0.4, 0.5) is 10.1 Å². The molecule has 1 heterocycles. The van der Waals surface area contributed by atoms with E-state index in [1.54, 1.807) is 23.0 Å². The zero-order valence-electron chi connectivity index (χ0n) is 13.2. The van der Waals surface area contributed by atoms with Crippen molar-refractivity contribution in [2.45, 2.75) is 19.8 Å². The highest BCUT2D eigenvalue weighted by molar-refractivity contribution is 5.62. The second-order valence-corrected chi connectivity index (χ2v) is 5.16. The number of hydrazone groups is 1. The number of benzene rings is 2. The van der Waals surface area contributed by atoms with E-state index in [0.717, 1.165) is 12.1 Å². The number of anilines is 1. The molecule has 0 spiro atoms. The lowest BCUT2D eigenvalue weighted by Crippen LogP contribution is -2.04. The number of nitrogens with zero attached hydrogens (tertiary/aromatic N) is 5. The average Bonchev–Trinajstić information content (AvgIpc) is 3.09. The van der Waals surface area contributed by atoms with Gasteiger partial charge >= 0.3 is 0 Å². The number of rotatable bonds is 6. The summed E-state index contributed by atoms with van der Waals surface area (Å²) < 4.78 is 14.5. The summed E-state index contributed by atoms with van der Waals surface area (Å²) in [7, 11) is 0. The Kier molecular flexibility index (Phi) is 4.90. The molecule has 1 aromatic heterocycles. The van der Waals surface area contributed by atoms with Crippen molar-refractivity contribution < 1.29 is 4.39 Å². The zero-order chi connectivity index (χ0) is 16.8. The molecule has 3 aromatic rings. The van der Waals surface area contributed by atoms with Gasteiger partial charge < -0.3 is 0 Å². The fourth-order valence-electron chi connectivity index (χ4n) is 2.18. The van der Waals surface area contributed by atoms with Crippen LogP contribution in [0.2, 0.25) is 0 Å². The Hall–Kier alpha value is -3.09. The first-order valence-electron chi connectivity index (χ1n) is 7.66. The van der Waals surface area contributed by atoms with Crippen LogP contribution in [0.5, 0.6) is 0 Å². The number of aryl methyl sites for hydroxylation is 1. The van der Waals surface area contributed by atoms with Crippen LogP contribution in [-0.2, 0) is 12.8 Å². The van der Waals surface area contributed by atoms with Gasteiger partial charge in [-0.2, -0.15) is 9.78 Å². The minimum Gasteiger partial charge on any atom is -0.279 e. The Bertz CT molecular complexity index is 808. The Balaban J connectivity index is 1.64. The third kappa shape index (κ3) is 3.81. The number of tetrazole rings is 1. The van der Waals surface area contributed by atoms with E-state index >= 15 is 0 Å². The quantitative estimate of drug-likeness (QED) is 0.559. The molecule has 0 amide bonds. The van der Waals surface area contributed by atoms with Crippen LogP contribution in [0.1, 0.15) is 18.3 Å². The molecule has 24 heavy (non-hydrogen) atoms. The minimum absolute atomic E-state index is 0.280. The second-order valence-electron chi connectivity index (χ2n) is 5.16. The number of halogens is 1. The van der Waals surface area contributed by atoms with Gasteiger partial charge in [0.2, 0.25) is 0 Å². The highest BCUT2D eigenvalue weighted by Gasteiger charge is 2.06. The maximum absolute atomic E-state index is 12.8. The predicted octanol–water partition coefficient (Wildman–Crippen LogP) is 3.00. The van der Waals surface area contributed by atoms with Gasteiger partial charge in [0.1, 0.15) is 5.82 Å². The van der Waals surface area contributed by atoms with E-state index in [9.17, 15) is 4.39 Å². The molecule has 0 unspecified atom stereocenters. The summed E-state index contributed by atoms with van der Waals surface area (Å²) in [5.74, 6) is 0.404. The van der Waals surface area contributed by atoms with Gasteiger partial charge in [-0.25, -0.2) is 4.39 Å². The standard InChI is InChI=1S/C17H17FN6/c1-2-13-3-9-16(10-4-13)24-17(21-22-23-24)11-12-19-20-15-7-5-14(18)6-8-15/h3-10,12,20H,2,11H2,1H3. The summed E-state index contributed by atoms with van der Waals surface area (Å²) in [5, 5.41) is 15.9. The van der Waals surface area contributed by atoms with Gasteiger partial charge in [-0.3, -0.25) is 5.43 Å². The van der Waals surface area contributed by atoms with Crippen LogP contribution in [0.15, 0.2) is 53.6 Å². The van der Waals surface area contributed by atoms with Crippen LogP contribution in [0.3, 0.4) is 0 Å². The Morgan fingerprint density at radius 1 is 1.12 bits per heavy atom. The minimum atomic E-state index is -0.280. The molecule has 122 valence electrons. The maximum atomic E-state index is 12.8. The smallest absolute Gasteiger partial charge is 0.162 e. The van der Waals surface area contributed by atoms with Crippen molar-refractivity contribution in [3.05, 3.63) is 65.7 Å². The number of hydrogen-bond acceptors (Lipinski definition) is 5. The summed E-state index contributed by atoms with van der Waals surface area (Å²) in [6, 6.07) is 14.1. The average molecular weight is 324 g/mol. The Morgan fingerprint density at radius 3 is 2.58 bits per heavy atom. The van der Waals surface area contributed by atoms with Crippen LogP contribution in [-0.4, -0.2) is 26.4 Å². The van der Waals surface area contributed by atoms with Gasteiger partial charge in [-0.15, -0.1) is 5.10 Å². The second kappa shape index (κ2) is 7.45. The Morgan fingerprint density at radius 2 is 1.88 bits per heavy atom. The highest BCUT2D eigenvalue weighted by atomic mass is 19.1. The molecule has 0 bridgehead atoms. The predicted molar refractivity (Wildman–Crippen MR) is 90.8 cm³/mol. The first-order valence-corrected chi connectivity index (χ1v) is 7.66. The molecule has 0 aliphatic carbocycles. The molecular formula is C17H17FN6. The fraction of sp³-hybridized carbons (Fsp3) is 0.176. The molecule has 0 radical (unpaired) electrons. The van der Waals surface area contributed by atoms with Crippen molar-refractivity contribution in [2.75, 3.05) is 5.43 Å². The van der Waals surface area contributed by atoms with Gasteiger partial charge in [0.25, 0.3) is 0 Å². The van der Waals surface area contributed by atoms with E-state index in [4.69, 9.17) is 0 Å². The molecule has 0 saturated heterocycles. The first-order chi connectivity index (χ1) is 11.8. The molecule has 3 rings (SSSR count). The van der Waals surface area contributed by atoms with Gasteiger partial charge in [0, 0.05) is 12.6 Å². The molecule has 1 N–H and O–H groups in total. The molecule has 0 fully saturated rings. The SMILES string of the molecule is CCc1ccc(-n2nnnc2CC=NNc2ccc(F)cc2)cc1. The van der Waals surface area contributed by atoms with Crippen molar-refractivity contribution in [1.29, 1.82) is 0 Å².